The van der Waals surface area contributed by atoms with Gasteiger partial charge >= 0.3 is 0 Å². The standard InChI is InChI=1S/C15H20N2O4S/c1-10(2)16-14(18)11-4-3-5-12(8-11)15(19)17-13-6-7-22(20,21)9-13/h3-5,8,10,13H,6-7,9H2,1-2H3,(H,16,18)(H,17,19). The van der Waals surface area contributed by atoms with Crippen LogP contribution in [-0.4, -0.2) is 43.8 Å². The van der Waals surface area contributed by atoms with Gasteiger partial charge in [-0.2, -0.15) is 0 Å². The molecule has 1 aliphatic heterocycles. The maximum atomic E-state index is 12.2. The average Bonchev–Trinajstić information content (AvgIpc) is 2.77. The minimum absolute atomic E-state index is 0.00804. The van der Waals surface area contributed by atoms with Crippen molar-refractivity contribution in [2.75, 3.05) is 11.5 Å². The molecule has 22 heavy (non-hydrogen) atoms. The number of hydrogen-bond acceptors (Lipinski definition) is 4. The van der Waals surface area contributed by atoms with Gasteiger partial charge < -0.3 is 10.6 Å². The van der Waals surface area contributed by atoms with E-state index in [4.69, 9.17) is 0 Å². The molecule has 0 saturated carbocycles. The zero-order valence-corrected chi connectivity index (χ0v) is 13.4. The number of sulfone groups is 1. The molecule has 1 saturated heterocycles. The van der Waals surface area contributed by atoms with Gasteiger partial charge in [0.1, 0.15) is 0 Å². The van der Waals surface area contributed by atoms with E-state index < -0.39 is 9.84 Å². The van der Waals surface area contributed by atoms with Crippen LogP contribution in [0.5, 0.6) is 0 Å². The van der Waals surface area contributed by atoms with Crippen LogP contribution >= 0.6 is 0 Å². The highest BCUT2D eigenvalue weighted by atomic mass is 32.2. The van der Waals surface area contributed by atoms with E-state index in [2.05, 4.69) is 10.6 Å². The number of carbonyl (C=O) groups is 2. The summed E-state index contributed by atoms with van der Waals surface area (Å²) in [7, 11) is -3.04. The Morgan fingerprint density at radius 1 is 1.18 bits per heavy atom. The molecule has 1 aromatic carbocycles. The lowest BCUT2D eigenvalue weighted by molar-refractivity contribution is 0.0940. The third-order valence-electron chi connectivity index (χ3n) is 3.37. The van der Waals surface area contributed by atoms with Crippen molar-refractivity contribution in [3.05, 3.63) is 35.4 Å². The van der Waals surface area contributed by atoms with Crippen LogP contribution in [-0.2, 0) is 9.84 Å². The lowest BCUT2D eigenvalue weighted by Crippen LogP contribution is -2.36. The van der Waals surface area contributed by atoms with E-state index in [-0.39, 0.29) is 35.4 Å². The van der Waals surface area contributed by atoms with Crippen molar-refractivity contribution in [3.63, 3.8) is 0 Å². The third-order valence-corrected chi connectivity index (χ3v) is 5.14. The molecule has 2 rings (SSSR count). The molecule has 0 aliphatic carbocycles. The monoisotopic (exact) mass is 324 g/mol. The molecule has 1 aromatic rings. The molecular weight excluding hydrogens is 304 g/mol. The number of benzene rings is 1. The van der Waals surface area contributed by atoms with Crippen molar-refractivity contribution in [2.45, 2.75) is 32.4 Å². The van der Waals surface area contributed by atoms with E-state index >= 15 is 0 Å². The molecule has 7 heteroatoms. The molecular formula is C15H20N2O4S. The Hall–Kier alpha value is -1.89. The summed E-state index contributed by atoms with van der Waals surface area (Å²) in [6.45, 7) is 3.71. The van der Waals surface area contributed by atoms with Crippen molar-refractivity contribution < 1.29 is 18.0 Å². The van der Waals surface area contributed by atoms with E-state index in [1.165, 1.54) is 6.07 Å². The first-order valence-corrected chi connectivity index (χ1v) is 9.01. The lowest BCUT2D eigenvalue weighted by atomic mass is 10.1. The number of nitrogens with one attached hydrogen (secondary N) is 2. The molecule has 1 heterocycles. The first-order valence-electron chi connectivity index (χ1n) is 7.19. The van der Waals surface area contributed by atoms with Crippen molar-refractivity contribution in [1.29, 1.82) is 0 Å². The normalized spacial score (nSPS) is 19.9. The molecule has 120 valence electrons. The van der Waals surface area contributed by atoms with Gasteiger partial charge in [-0.15, -0.1) is 0 Å². The largest absolute Gasteiger partial charge is 0.350 e. The van der Waals surface area contributed by atoms with E-state index in [9.17, 15) is 18.0 Å². The van der Waals surface area contributed by atoms with Gasteiger partial charge in [0.25, 0.3) is 11.8 Å². The van der Waals surface area contributed by atoms with Crippen LogP contribution < -0.4 is 10.6 Å². The second-order valence-corrected chi connectivity index (χ2v) is 8.01. The van der Waals surface area contributed by atoms with Gasteiger partial charge in [-0.3, -0.25) is 9.59 Å². The first kappa shape index (κ1) is 16.5. The molecule has 0 bridgehead atoms. The van der Waals surface area contributed by atoms with Gasteiger partial charge in [0.15, 0.2) is 9.84 Å². The van der Waals surface area contributed by atoms with Crippen LogP contribution in [0.25, 0.3) is 0 Å². The van der Waals surface area contributed by atoms with Crippen LogP contribution in [0.2, 0.25) is 0 Å². The highest BCUT2D eigenvalue weighted by molar-refractivity contribution is 7.91. The Morgan fingerprint density at radius 2 is 1.82 bits per heavy atom. The summed E-state index contributed by atoms with van der Waals surface area (Å²) in [5, 5.41) is 5.47. The predicted octanol–water partition coefficient (Wildman–Crippen LogP) is 0.742. The summed E-state index contributed by atoms with van der Waals surface area (Å²) in [4.78, 5) is 24.1. The van der Waals surface area contributed by atoms with E-state index in [0.717, 1.165) is 0 Å². The second-order valence-electron chi connectivity index (χ2n) is 5.78. The molecule has 1 atom stereocenters. The van der Waals surface area contributed by atoms with E-state index in [0.29, 0.717) is 17.5 Å². The minimum atomic E-state index is -3.04. The van der Waals surface area contributed by atoms with Crippen LogP contribution in [0.1, 0.15) is 41.0 Å². The Kier molecular flexibility index (Phi) is 4.85. The smallest absolute Gasteiger partial charge is 0.251 e. The van der Waals surface area contributed by atoms with Crippen molar-refractivity contribution in [3.8, 4) is 0 Å². The maximum absolute atomic E-state index is 12.2. The Balaban J connectivity index is 2.06. The van der Waals surface area contributed by atoms with Gasteiger partial charge in [-0.05, 0) is 38.5 Å². The average molecular weight is 324 g/mol. The van der Waals surface area contributed by atoms with Crippen LogP contribution in [0.15, 0.2) is 24.3 Å². The van der Waals surface area contributed by atoms with Crippen LogP contribution in [0.4, 0.5) is 0 Å². The highest BCUT2D eigenvalue weighted by Gasteiger charge is 2.29. The molecule has 2 amide bonds. The molecule has 1 aliphatic rings. The molecule has 6 nitrogen and oxygen atoms in total. The third kappa shape index (κ3) is 4.30. The summed E-state index contributed by atoms with van der Waals surface area (Å²) in [5.74, 6) is -0.518. The number of hydrogen-bond donors (Lipinski definition) is 2. The van der Waals surface area contributed by atoms with Gasteiger partial charge in [0, 0.05) is 23.2 Å². The van der Waals surface area contributed by atoms with Crippen LogP contribution in [0, 0.1) is 0 Å². The fraction of sp³-hybridized carbons (Fsp3) is 0.467. The molecule has 0 spiro atoms. The van der Waals surface area contributed by atoms with E-state index in [1.54, 1.807) is 18.2 Å². The van der Waals surface area contributed by atoms with Gasteiger partial charge in [-0.1, -0.05) is 6.07 Å². The number of carbonyl (C=O) groups excluding carboxylic acids is 2. The maximum Gasteiger partial charge on any atom is 0.251 e. The molecule has 1 fully saturated rings. The SMILES string of the molecule is CC(C)NC(=O)c1cccc(C(=O)NC2CCS(=O)(=O)C2)c1. The summed E-state index contributed by atoms with van der Waals surface area (Å²) < 4.78 is 22.8. The highest BCUT2D eigenvalue weighted by Crippen LogP contribution is 2.13. The quantitative estimate of drug-likeness (QED) is 0.854. The number of rotatable bonds is 4. The molecule has 1 unspecified atom stereocenters. The van der Waals surface area contributed by atoms with Crippen LogP contribution in [0.3, 0.4) is 0 Å². The Bertz CT molecular complexity index is 683. The number of amides is 2. The van der Waals surface area contributed by atoms with Gasteiger partial charge in [0.05, 0.1) is 11.5 Å². The van der Waals surface area contributed by atoms with Gasteiger partial charge in [0.2, 0.25) is 0 Å². The van der Waals surface area contributed by atoms with Crippen molar-refractivity contribution >= 4 is 21.7 Å². The Labute approximate surface area is 130 Å². The van der Waals surface area contributed by atoms with E-state index in [1.807, 2.05) is 13.8 Å². The zero-order chi connectivity index (χ0) is 16.3. The molecule has 2 N–H and O–H groups in total. The Morgan fingerprint density at radius 3 is 2.36 bits per heavy atom. The molecule has 0 radical (unpaired) electrons. The summed E-state index contributed by atoms with van der Waals surface area (Å²) in [6.07, 6.45) is 0.432. The zero-order valence-electron chi connectivity index (χ0n) is 12.6. The van der Waals surface area contributed by atoms with Gasteiger partial charge in [-0.25, -0.2) is 8.42 Å². The summed E-state index contributed by atoms with van der Waals surface area (Å²) in [6, 6.07) is 6.03. The topological polar surface area (TPSA) is 92.3 Å². The lowest BCUT2D eigenvalue weighted by Gasteiger charge is -2.12. The predicted molar refractivity (Wildman–Crippen MR) is 83.6 cm³/mol. The first-order chi connectivity index (χ1) is 10.3. The fourth-order valence-electron chi connectivity index (χ4n) is 2.32. The fourth-order valence-corrected chi connectivity index (χ4v) is 4.00. The van der Waals surface area contributed by atoms with Crippen molar-refractivity contribution in [2.24, 2.45) is 0 Å². The minimum Gasteiger partial charge on any atom is -0.350 e. The summed E-state index contributed by atoms with van der Waals surface area (Å²) >= 11 is 0. The summed E-state index contributed by atoms with van der Waals surface area (Å²) in [5.41, 5.74) is 0.751. The molecule has 0 aromatic heterocycles. The second kappa shape index (κ2) is 6.48. The van der Waals surface area contributed by atoms with Crippen molar-refractivity contribution in [1.82, 2.24) is 10.6 Å².